The van der Waals surface area contributed by atoms with Crippen molar-refractivity contribution in [2.45, 2.75) is 12.8 Å². The Bertz CT molecular complexity index is 634. The molecule has 1 saturated heterocycles. The lowest BCUT2D eigenvalue weighted by atomic mass is 10.0. The highest BCUT2D eigenvalue weighted by Gasteiger charge is 2.16. The minimum atomic E-state index is -0.918. The maximum absolute atomic E-state index is 10.9. The van der Waals surface area contributed by atoms with Gasteiger partial charge in [0.25, 0.3) is 0 Å². The van der Waals surface area contributed by atoms with E-state index in [0.717, 1.165) is 36.5 Å². The van der Waals surface area contributed by atoms with E-state index in [2.05, 4.69) is 15.3 Å². The smallest absolute Gasteiger partial charge is 0.335 e. The van der Waals surface area contributed by atoms with Crippen LogP contribution in [-0.2, 0) is 6.42 Å². The van der Waals surface area contributed by atoms with Gasteiger partial charge in [-0.3, -0.25) is 0 Å². The van der Waals surface area contributed by atoms with Crippen LogP contribution in [0.3, 0.4) is 0 Å². The Kier molecular flexibility index (Phi) is 3.92. The van der Waals surface area contributed by atoms with Crippen LogP contribution in [0, 0.1) is 5.92 Å². The summed E-state index contributed by atoms with van der Waals surface area (Å²) in [6.45, 7) is 2.13. The molecule has 0 saturated carbocycles. The molecule has 2 N–H and O–H groups in total. The van der Waals surface area contributed by atoms with Crippen molar-refractivity contribution >= 4 is 5.97 Å². The van der Waals surface area contributed by atoms with E-state index in [1.54, 1.807) is 30.6 Å². The number of rotatable bonds is 4. The highest BCUT2D eigenvalue weighted by Crippen LogP contribution is 2.20. The van der Waals surface area contributed by atoms with Crippen LogP contribution in [0.4, 0.5) is 0 Å². The van der Waals surface area contributed by atoms with Crippen LogP contribution < -0.4 is 5.32 Å². The van der Waals surface area contributed by atoms with E-state index in [1.165, 1.54) is 6.42 Å². The lowest BCUT2D eigenvalue weighted by Gasteiger charge is -2.08. The van der Waals surface area contributed by atoms with Gasteiger partial charge in [0.15, 0.2) is 0 Å². The summed E-state index contributed by atoms with van der Waals surface area (Å²) in [5.41, 5.74) is 3.07. The first-order valence-corrected chi connectivity index (χ1v) is 7.08. The lowest BCUT2D eigenvalue weighted by molar-refractivity contribution is 0.0697. The molecule has 0 radical (unpaired) electrons. The van der Waals surface area contributed by atoms with Gasteiger partial charge in [-0.25, -0.2) is 14.8 Å². The number of aromatic carboxylic acids is 1. The summed E-state index contributed by atoms with van der Waals surface area (Å²) in [7, 11) is 0. The standard InChI is InChI=1S/C16H17N3O2/c20-16(21)13-3-1-12(2-4-13)15-8-14(18-10-19-15)7-11-5-6-17-9-11/h1-4,8,10-11,17H,5-7,9H2,(H,20,21)/t11-/m1/s1. The van der Waals surface area contributed by atoms with Gasteiger partial charge in [-0.2, -0.15) is 0 Å². The Morgan fingerprint density at radius 2 is 2.10 bits per heavy atom. The summed E-state index contributed by atoms with van der Waals surface area (Å²) >= 11 is 0. The first-order chi connectivity index (χ1) is 10.2. The summed E-state index contributed by atoms with van der Waals surface area (Å²) in [6.07, 6.45) is 3.72. The molecule has 0 bridgehead atoms. The zero-order valence-corrected chi connectivity index (χ0v) is 11.6. The minimum absolute atomic E-state index is 0.282. The van der Waals surface area contributed by atoms with Crippen molar-refractivity contribution in [3.8, 4) is 11.3 Å². The molecule has 0 aliphatic carbocycles. The Hall–Kier alpha value is -2.27. The third-order valence-electron chi connectivity index (χ3n) is 3.81. The second-order valence-corrected chi connectivity index (χ2v) is 5.34. The Labute approximate surface area is 123 Å². The van der Waals surface area contributed by atoms with Crippen LogP contribution in [0.1, 0.15) is 22.5 Å². The van der Waals surface area contributed by atoms with Crippen LogP contribution >= 0.6 is 0 Å². The highest BCUT2D eigenvalue weighted by atomic mass is 16.4. The summed E-state index contributed by atoms with van der Waals surface area (Å²) < 4.78 is 0. The van der Waals surface area contributed by atoms with Crippen molar-refractivity contribution in [3.63, 3.8) is 0 Å². The normalized spacial score (nSPS) is 17.8. The van der Waals surface area contributed by atoms with Gasteiger partial charge >= 0.3 is 5.97 Å². The van der Waals surface area contributed by atoms with Crippen molar-refractivity contribution in [3.05, 3.63) is 47.9 Å². The van der Waals surface area contributed by atoms with Crippen molar-refractivity contribution in [1.29, 1.82) is 0 Å². The molecule has 2 aromatic rings. The van der Waals surface area contributed by atoms with Crippen molar-refractivity contribution in [2.75, 3.05) is 13.1 Å². The number of carboxylic acid groups (broad SMARTS) is 1. The molecule has 1 aromatic heterocycles. The Morgan fingerprint density at radius 1 is 1.29 bits per heavy atom. The van der Waals surface area contributed by atoms with Gasteiger partial charge < -0.3 is 10.4 Å². The van der Waals surface area contributed by atoms with Gasteiger partial charge in [-0.1, -0.05) is 12.1 Å². The van der Waals surface area contributed by atoms with E-state index in [4.69, 9.17) is 5.11 Å². The first-order valence-electron chi connectivity index (χ1n) is 7.08. The minimum Gasteiger partial charge on any atom is -0.478 e. The number of carbonyl (C=O) groups is 1. The molecular formula is C16H17N3O2. The second-order valence-electron chi connectivity index (χ2n) is 5.34. The molecule has 0 spiro atoms. The molecule has 0 unspecified atom stereocenters. The number of nitrogens with one attached hydrogen (secondary N) is 1. The summed E-state index contributed by atoms with van der Waals surface area (Å²) in [4.78, 5) is 19.5. The van der Waals surface area contributed by atoms with Crippen LogP contribution in [0.2, 0.25) is 0 Å². The molecule has 1 fully saturated rings. The third kappa shape index (κ3) is 3.25. The van der Waals surface area contributed by atoms with Crippen molar-refractivity contribution in [1.82, 2.24) is 15.3 Å². The van der Waals surface area contributed by atoms with Crippen molar-refractivity contribution < 1.29 is 9.90 Å². The topological polar surface area (TPSA) is 75.1 Å². The Morgan fingerprint density at radius 3 is 2.76 bits per heavy atom. The fourth-order valence-electron chi connectivity index (χ4n) is 2.64. The van der Waals surface area contributed by atoms with Gasteiger partial charge in [-0.15, -0.1) is 0 Å². The SMILES string of the molecule is O=C(O)c1ccc(-c2cc(C[C@H]3CCNC3)ncn2)cc1. The van der Waals surface area contributed by atoms with E-state index in [-0.39, 0.29) is 5.56 Å². The molecular weight excluding hydrogens is 266 g/mol. The molecule has 0 amide bonds. The monoisotopic (exact) mass is 283 g/mol. The molecule has 1 atom stereocenters. The molecule has 3 rings (SSSR count). The molecule has 1 aromatic carbocycles. The zero-order valence-electron chi connectivity index (χ0n) is 11.6. The molecule has 2 heterocycles. The predicted octanol–water partition coefficient (Wildman–Crippen LogP) is 1.99. The molecule has 1 aliphatic heterocycles. The van der Waals surface area contributed by atoms with Gasteiger partial charge in [0.2, 0.25) is 0 Å². The number of hydrogen-bond acceptors (Lipinski definition) is 4. The fraction of sp³-hybridized carbons (Fsp3) is 0.312. The maximum Gasteiger partial charge on any atom is 0.335 e. The number of hydrogen-bond donors (Lipinski definition) is 2. The first kappa shape index (κ1) is 13.7. The summed E-state index contributed by atoms with van der Waals surface area (Å²) in [5.74, 6) is -0.277. The van der Waals surface area contributed by atoms with Crippen LogP contribution in [0.15, 0.2) is 36.7 Å². The van der Waals surface area contributed by atoms with Gasteiger partial charge in [-0.05, 0) is 50.0 Å². The molecule has 5 heteroatoms. The van der Waals surface area contributed by atoms with Crippen molar-refractivity contribution in [2.24, 2.45) is 5.92 Å². The third-order valence-corrected chi connectivity index (χ3v) is 3.81. The highest BCUT2D eigenvalue weighted by molar-refractivity contribution is 5.88. The molecule has 108 valence electrons. The number of benzene rings is 1. The summed E-state index contributed by atoms with van der Waals surface area (Å²) in [5, 5.41) is 12.3. The van der Waals surface area contributed by atoms with Gasteiger partial charge in [0, 0.05) is 11.3 Å². The maximum atomic E-state index is 10.9. The lowest BCUT2D eigenvalue weighted by Crippen LogP contribution is -2.11. The van der Waals surface area contributed by atoms with E-state index in [1.807, 2.05) is 6.07 Å². The fourth-order valence-corrected chi connectivity index (χ4v) is 2.64. The summed E-state index contributed by atoms with van der Waals surface area (Å²) in [6, 6.07) is 8.76. The molecule has 1 aliphatic rings. The van der Waals surface area contributed by atoms with E-state index >= 15 is 0 Å². The number of carboxylic acids is 1. The predicted molar refractivity (Wildman–Crippen MR) is 79.1 cm³/mol. The van der Waals surface area contributed by atoms with Gasteiger partial charge in [0.05, 0.1) is 11.3 Å². The van der Waals surface area contributed by atoms with E-state index in [0.29, 0.717) is 5.92 Å². The number of nitrogens with zero attached hydrogens (tertiary/aromatic N) is 2. The number of aromatic nitrogens is 2. The molecule has 21 heavy (non-hydrogen) atoms. The largest absolute Gasteiger partial charge is 0.478 e. The van der Waals surface area contributed by atoms with E-state index < -0.39 is 5.97 Å². The van der Waals surface area contributed by atoms with Crippen LogP contribution in [-0.4, -0.2) is 34.1 Å². The van der Waals surface area contributed by atoms with Gasteiger partial charge in [0.1, 0.15) is 6.33 Å². The average Bonchev–Trinajstić information content (AvgIpc) is 3.00. The second kappa shape index (κ2) is 6.01. The van der Waals surface area contributed by atoms with E-state index in [9.17, 15) is 4.79 Å². The quantitative estimate of drug-likeness (QED) is 0.897. The Balaban J connectivity index is 1.79. The average molecular weight is 283 g/mol. The van der Waals surface area contributed by atoms with Crippen LogP contribution in [0.25, 0.3) is 11.3 Å². The zero-order chi connectivity index (χ0) is 14.7. The molecule has 5 nitrogen and oxygen atoms in total. The van der Waals surface area contributed by atoms with Crippen LogP contribution in [0.5, 0.6) is 0 Å².